The molecule has 0 spiro atoms. The number of nitrogens with one attached hydrogen (secondary N) is 1. The van der Waals surface area contributed by atoms with Gasteiger partial charge in [0.2, 0.25) is 0 Å². The van der Waals surface area contributed by atoms with Gasteiger partial charge in [-0.05, 0) is 31.2 Å². The third-order valence-electron chi connectivity index (χ3n) is 2.52. The summed E-state index contributed by atoms with van der Waals surface area (Å²) >= 11 is 6.13. The van der Waals surface area contributed by atoms with E-state index >= 15 is 0 Å². The van der Waals surface area contributed by atoms with Crippen molar-refractivity contribution in [3.8, 4) is 5.75 Å². The van der Waals surface area contributed by atoms with Crippen molar-refractivity contribution in [2.75, 3.05) is 26.4 Å². The number of aliphatic hydroxyl groups is 1. The molecule has 0 aliphatic heterocycles. The Morgan fingerprint density at radius 1 is 1.32 bits per heavy atom. The average molecular weight is 288 g/mol. The number of hydrogen-bond acceptors (Lipinski definition) is 4. The third-order valence-corrected chi connectivity index (χ3v) is 2.82. The molecule has 1 aromatic rings. The summed E-state index contributed by atoms with van der Waals surface area (Å²) in [5, 5.41) is 13.4. The van der Waals surface area contributed by atoms with Gasteiger partial charge in [-0.1, -0.05) is 24.6 Å². The first-order chi connectivity index (χ1) is 9.17. The van der Waals surface area contributed by atoms with E-state index < -0.39 is 6.10 Å². The van der Waals surface area contributed by atoms with Gasteiger partial charge in [-0.25, -0.2) is 0 Å². The Hall–Kier alpha value is -0.810. The first-order valence-corrected chi connectivity index (χ1v) is 6.92. The van der Waals surface area contributed by atoms with Crippen LogP contribution in [0.5, 0.6) is 5.75 Å². The molecule has 0 heterocycles. The highest BCUT2D eigenvalue weighted by atomic mass is 35.5. The van der Waals surface area contributed by atoms with Crippen LogP contribution in [0.3, 0.4) is 0 Å². The highest BCUT2D eigenvalue weighted by Crippen LogP contribution is 2.25. The summed E-state index contributed by atoms with van der Waals surface area (Å²) < 4.78 is 10.6. The average Bonchev–Trinajstić information content (AvgIpc) is 2.41. The second-order valence-corrected chi connectivity index (χ2v) is 4.58. The summed E-state index contributed by atoms with van der Waals surface area (Å²) in [6, 6.07) is 5.65. The molecule has 0 bridgehead atoms. The zero-order valence-electron chi connectivity index (χ0n) is 11.5. The minimum Gasteiger partial charge on any atom is -0.489 e. The van der Waals surface area contributed by atoms with Crippen LogP contribution in [0.1, 0.15) is 19.4 Å². The van der Waals surface area contributed by atoms with Crippen molar-refractivity contribution in [2.45, 2.75) is 26.5 Å². The molecule has 19 heavy (non-hydrogen) atoms. The number of benzene rings is 1. The molecule has 0 aliphatic rings. The minimum absolute atomic E-state index is 0.173. The van der Waals surface area contributed by atoms with Crippen LogP contribution in [0.4, 0.5) is 0 Å². The summed E-state index contributed by atoms with van der Waals surface area (Å²) in [7, 11) is 0. The molecule has 2 N–H and O–H groups in total. The maximum Gasteiger partial charge on any atom is 0.138 e. The van der Waals surface area contributed by atoms with Gasteiger partial charge in [-0.15, -0.1) is 0 Å². The van der Waals surface area contributed by atoms with E-state index in [9.17, 15) is 5.11 Å². The quantitative estimate of drug-likeness (QED) is 0.731. The van der Waals surface area contributed by atoms with Gasteiger partial charge in [0.1, 0.15) is 18.5 Å². The predicted molar refractivity (Wildman–Crippen MR) is 76.8 cm³/mol. The topological polar surface area (TPSA) is 50.7 Å². The molecule has 0 saturated heterocycles. The number of hydrogen-bond donors (Lipinski definition) is 2. The summed E-state index contributed by atoms with van der Waals surface area (Å²) in [5.41, 5.74) is 1.11. The van der Waals surface area contributed by atoms with Gasteiger partial charge in [0.05, 0.1) is 11.6 Å². The molecule has 1 unspecified atom stereocenters. The molecule has 0 radical (unpaired) electrons. The molecule has 0 aliphatic carbocycles. The first-order valence-electron chi connectivity index (χ1n) is 6.55. The monoisotopic (exact) mass is 287 g/mol. The normalized spacial score (nSPS) is 12.4. The lowest BCUT2D eigenvalue weighted by atomic mass is 10.2. The Labute approximate surface area is 119 Å². The largest absolute Gasteiger partial charge is 0.489 e. The van der Waals surface area contributed by atoms with E-state index in [4.69, 9.17) is 21.1 Å². The Morgan fingerprint density at radius 2 is 2.11 bits per heavy atom. The van der Waals surface area contributed by atoms with Crippen molar-refractivity contribution < 1.29 is 14.6 Å². The van der Waals surface area contributed by atoms with E-state index in [1.54, 1.807) is 0 Å². The van der Waals surface area contributed by atoms with Gasteiger partial charge in [0, 0.05) is 13.2 Å². The zero-order valence-corrected chi connectivity index (χ0v) is 12.2. The van der Waals surface area contributed by atoms with Crippen molar-refractivity contribution in [3.05, 3.63) is 28.8 Å². The highest BCUT2D eigenvalue weighted by Gasteiger charge is 2.08. The molecule has 0 aromatic heterocycles. The van der Waals surface area contributed by atoms with Gasteiger partial charge in [-0.3, -0.25) is 0 Å². The Balaban J connectivity index is 2.45. The zero-order chi connectivity index (χ0) is 14.1. The molecule has 4 nitrogen and oxygen atoms in total. The lowest BCUT2D eigenvalue weighted by Crippen LogP contribution is -2.23. The minimum atomic E-state index is -0.641. The molecule has 108 valence electrons. The molecular weight excluding hydrogens is 266 g/mol. The second-order valence-electron chi connectivity index (χ2n) is 4.17. The van der Waals surface area contributed by atoms with Gasteiger partial charge in [-0.2, -0.15) is 0 Å². The molecule has 5 heteroatoms. The Bertz CT molecular complexity index is 374. The highest BCUT2D eigenvalue weighted by molar-refractivity contribution is 6.32. The summed E-state index contributed by atoms with van der Waals surface area (Å²) in [4.78, 5) is 0. The molecule has 0 amide bonds. The lowest BCUT2D eigenvalue weighted by Gasteiger charge is -2.13. The Kier molecular flexibility index (Phi) is 7.82. The molecular formula is C14H22ClNO3. The van der Waals surface area contributed by atoms with Crippen LogP contribution in [0.25, 0.3) is 0 Å². The smallest absolute Gasteiger partial charge is 0.138 e. The Morgan fingerprint density at radius 3 is 2.74 bits per heavy atom. The fourth-order valence-corrected chi connectivity index (χ4v) is 1.79. The van der Waals surface area contributed by atoms with E-state index in [-0.39, 0.29) is 13.2 Å². The first kappa shape index (κ1) is 16.2. The third kappa shape index (κ3) is 6.25. The number of halogens is 1. The summed E-state index contributed by atoms with van der Waals surface area (Å²) in [6.07, 6.45) is -0.641. The fraction of sp³-hybridized carbons (Fsp3) is 0.571. The number of ether oxygens (including phenoxy) is 2. The van der Waals surface area contributed by atoms with Crippen LogP contribution in [-0.4, -0.2) is 37.6 Å². The maximum absolute atomic E-state index is 9.60. The number of aliphatic hydroxyl groups excluding tert-OH is 1. The van der Waals surface area contributed by atoms with E-state index in [1.165, 1.54) is 0 Å². The van der Waals surface area contributed by atoms with E-state index in [0.29, 0.717) is 17.4 Å². The second kappa shape index (κ2) is 9.15. The fourth-order valence-electron chi connectivity index (χ4n) is 1.53. The van der Waals surface area contributed by atoms with Gasteiger partial charge >= 0.3 is 0 Å². The summed E-state index contributed by atoms with van der Waals surface area (Å²) in [5.74, 6) is 0.581. The van der Waals surface area contributed by atoms with Crippen molar-refractivity contribution >= 4 is 11.6 Å². The lowest BCUT2D eigenvalue weighted by molar-refractivity contribution is 0.0164. The standard InChI is InChI=1S/C14H22ClNO3/c1-3-16-8-11-5-6-14(13(15)7-11)19-10-12(17)9-18-4-2/h5-7,12,16-17H,3-4,8-10H2,1-2H3. The van der Waals surface area contributed by atoms with Crippen LogP contribution < -0.4 is 10.1 Å². The van der Waals surface area contributed by atoms with Crippen LogP contribution in [0, 0.1) is 0 Å². The van der Waals surface area contributed by atoms with Gasteiger partial charge in [0.25, 0.3) is 0 Å². The molecule has 1 rings (SSSR count). The van der Waals surface area contributed by atoms with Crippen LogP contribution in [0.15, 0.2) is 18.2 Å². The maximum atomic E-state index is 9.60. The molecule has 1 atom stereocenters. The SMILES string of the molecule is CCNCc1ccc(OCC(O)COCC)c(Cl)c1. The van der Waals surface area contributed by atoms with Gasteiger partial charge < -0.3 is 19.9 Å². The van der Waals surface area contributed by atoms with E-state index in [2.05, 4.69) is 12.2 Å². The van der Waals surface area contributed by atoms with Crippen LogP contribution in [0.2, 0.25) is 5.02 Å². The van der Waals surface area contributed by atoms with Crippen LogP contribution in [-0.2, 0) is 11.3 Å². The summed E-state index contributed by atoms with van der Waals surface area (Å²) in [6.45, 7) is 6.66. The van der Waals surface area contributed by atoms with Gasteiger partial charge in [0.15, 0.2) is 0 Å². The molecule has 0 saturated carbocycles. The van der Waals surface area contributed by atoms with Crippen molar-refractivity contribution in [1.82, 2.24) is 5.32 Å². The molecule has 1 aromatic carbocycles. The van der Waals surface area contributed by atoms with Crippen molar-refractivity contribution in [1.29, 1.82) is 0 Å². The number of rotatable bonds is 9. The predicted octanol–water partition coefficient (Wildman–Crippen LogP) is 2.23. The molecule has 0 fully saturated rings. The van der Waals surface area contributed by atoms with E-state index in [0.717, 1.165) is 18.7 Å². The van der Waals surface area contributed by atoms with Crippen molar-refractivity contribution in [3.63, 3.8) is 0 Å². The van der Waals surface area contributed by atoms with E-state index in [1.807, 2.05) is 25.1 Å². The van der Waals surface area contributed by atoms with Crippen molar-refractivity contribution in [2.24, 2.45) is 0 Å². The van der Waals surface area contributed by atoms with Crippen LogP contribution >= 0.6 is 11.6 Å².